The summed E-state index contributed by atoms with van der Waals surface area (Å²) in [6, 6.07) is 15.6. The Morgan fingerprint density at radius 3 is 2.28 bits per heavy atom. The number of rotatable bonds is 11. The fraction of sp³-hybridized carbons (Fsp3) is 0.389. The average Bonchev–Trinajstić information content (AvgIpc) is 3.45. The van der Waals surface area contributed by atoms with Crippen LogP contribution in [0.1, 0.15) is 44.3 Å². The fourth-order valence-electron chi connectivity index (χ4n) is 5.48. The molecule has 0 saturated carbocycles. The number of alkyl halides is 5. The standard InChI is InChI=1S/C14H20ClNO2.C11H10Cl2F2N4O3S.C11H11Cl2NO2/c1-4-12-8-6-7-11(3)14(12)16(10-18-5-2)13(17)9-15;1-5-16-19(11(20)18(5)10(14)15)9-4-8(17-23(2,21)22)6(12)3-7(9)13;1-7-6-16-9-5-3-2-4-8(9)14(7)11(15)10(12)13/h6-8H,4-5,9-10H2,1-3H3;3-4,10,17H,1-2H3;2-5,7,10H,6H2,1H3. The molecule has 0 saturated heterocycles. The van der Waals surface area contributed by atoms with Crippen LogP contribution in [0.4, 0.5) is 25.8 Å². The number of halogens is 7. The lowest BCUT2D eigenvalue weighted by Crippen LogP contribution is -2.47. The van der Waals surface area contributed by atoms with E-state index >= 15 is 0 Å². The number of fused-ring (bicyclic) bond motifs is 1. The second kappa shape index (κ2) is 21.4. The van der Waals surface area contributed by atoms with Crippen molar-refractivity contribution in [2.24, 2.45) is 0 Å². The molecule has 13 nitrogen and oxygen atoms in total. The molecule has 1 atom stereocenters. The van der Waals surface area contributed by atoms with Crippen LogP contribution in [0.5, 0.6) is 5.75 Å². The Morgan fingerprint density at radius 1 is 1.05 bits per heavy atom. The lowest BCUT2D eigenvalue weighted by molar-refractivity contribution is -0.118. The van der Waals surface area contributed by atoms with Crippen molar-refractivity contribution >= 4 is 96.9 Å². The van der Waals surface area contributed by atoms with Gasteiger partial charge in [0.15, 0.2) is 4.84 Å². The van der Waals surface area contributed by atoms with Crippen LogP contribution in [0, 0.1) is 13.8 Å². The molecule has 0 bridgehead atoms. The van der Waals surface area contributed by atoms with E-state index in [0.717, 1.165) is 41.2 Å². The number of sulfonamides is 1. The van der Waals surface area contributed by atoms with E-state index in [0.29, 0.717) is 23.6 Å². The van der Waals surface area contributed by atoms with Crippen molar-refractivity contribution in [3.05, 3.63) is 92.1 Å². The Hall–Kier alpha value is -3.64. The molecule has 1 aromatic heterocycles. The molecule has 312 valence electrons. The zero-order valence-corrected chi connectivity index (χ0v) is 36.2. The average molecular weight is 917 g/mol. The van der Waals surface area contributed by atoms with Gasteiger partial charge >= 0.3 is 12.2 Å². The fourth-order valence-corrected chi connectivity index (χ4v) is 6.97. The number of nitrogens with one attached hydrogen (secondary N) is 1. The Morgan fingerprint density at radius 2 is 1.72 bits per heavy atom. The number of carbonyl (C=O) groups is 2. The van der Waals surface area contributed by atoms with E-state index in [1.54, 1.807) is 9.80 Å². The first-order chi connectivity index (χ1) is 26.8. The van der Waals surface area contributed by atoms with Crippen LogP contribution < -0.4 is 24.9 Å². The molecule has 1 aliphatic heterocycles. The second-order valence-corrected chi connectivity index (χ2v) is 16.1. The molecule has 1 aliphatic rings. The highest BCUT2D eigenvalue weighted by molar-refractivity contribution is 7.92. The zero-order valence-electron chi connectivity index (χ0n) is 31.6. The summed E-state index contributed by atoms with van der Waals surface area (Å²) in [6.45, 7) is 7.28. The highest BCUT2D eigenvalue weighted by atomic mass is 35.5. The monoisotopic (exact) mass is 914 g/mol. The van der Waals surface area contributed by atoms with Crippen molar-refractivity contribution in [1.82, 2.24) is 14.3 Å². The number of hydrogen-bond donors (Lipinski definition) is 1. The first-order valence-corrected chi connectivity index (χ1v) is 21.1. The minimum absolute atomic E-state index is 0.0257. The number of anilines is 3. The molecule has 2 amide bonds. The van der Waals surface area contributed by atoms with Crippen molar-refractivity contribution in [2.45, 2.75) is 58.5 Å². The predicted octanol–water partition coefficient (Wildman–Crippen LogP) is 8.14. The summed E-state index contributed by atoms with van der Waals surface area (Å²) in [7, 11) is -3.65. The molecule has 5 rings (SSSR count). The molecule has 57 heavy (non-hydrogen) atoms. The number of para-hydroxylation sites is 3. The van der Waals surface area contributed by atoms with Gasteiger partial charge in [-0.25, -0.2) is 17.8 Å². The molecule has 0 fully saturated rings. The third kappa shape index (κ3) is 12.4. The number of aromatic nitrogens is 3. The minimum Gasteiger partial charge on any atom is -0.489 e. The third-order valence-corrected chi connectivity index (χ3v) is 9.83. The zero-order chi connectivity index (χ0) is 42.8. The molecule has 0 spiro atoms. The predicted molar refractivity (Wildman–Crippen MR) is 222 cm³/mol. The molecule has 2 heterocycles. The molecule has 21 heteroatoms. The normalized spacial score (nSPS) is 13.5. The Balaban J connectivity index is 0.000000233. The van der Waals surface area contributed by atoms with Gasteiger partial charge in [-0.1, -0.05) is 83.7 Å². The van der Waals surface area contributed by atoms with Crippen LogP contribution in [0.25, 0.3) is 5.69 Å². The van der Waals surface area contributed by atoms with Crippen molar-refractivity contribution in [2.75, 3.05) is 46.6 Å². The first kappa shape index (κ1) is 47.7. The molecule has 4 aromatic rings. The van der Waals surface area contributed by atoms with E-state index in [2.05, 4.69) is 16.7 Å². The Labute approximate surface area is 354 Å². The van der Waals surface area contributed by atoms with E-state index in [1.807, 2.05) is 63.2 Å². The van der Waals surface area contributed by atoms with Gasteiger partial charge in [0.1, 0.15) is 30.8 Å². The van der Waals surface area contributed by atoms with E-state index in [9.17, 15) is 31.6 Å². The van der Waals surface area contributed by atoms with Crippen LogP contribution in [-0.2, 0) is 30.8 Å². The number of ether oxygens (including phenoxy) is 2. The van der Waals surface area contributed by atoms with Crippen LogP contribution in [0.3, 0.4) is 0 Å². The maximum Gasteiger partial charge on any atom is 0.355 e. The Kier molecular flexibility index (Phi) is 17.9. The van der Waals surface area contributed by atoms with Gasteiger partial charge < -0.3 is 14.4 Å². The van der Waals surface area contributed by atoms with Gasteiger partial charge in [0, 0.05) is 6.61 Å². The summed E-state index contributed by atoms with van der Waals surface area (Å²) >= 11 is 28.8. The van der Waals surface area contributed by atoms with Crippen molar-refractivity contribution < 1.29 is 36.3 Å². The van der Waals surface area contributed by atoms with Crippen LogP contribution in [0.15, 0.2) is 59.4 Å². The van der Waals surface area contributed by atoms with Crippen LogP contribution in [-0.4, -0.2) is 77.5 Å². The van der Waals surface area contributed by atoms with E-state index in [-0.39, 0.29) is 62.3 Å². The number of hydrogen-bond acceptors (Lipinski definition) is 8. The molecule has 1 N–H and O–H groups in total. The van der Waals surface area contributed by atoms with Crippen molar-refractivity contribution in [1.29, 1.82) is 0 Å². The van der Waals surface area contributed by atoms with Gasteiger partial charge in [-0.05, 0) is 69.5 Å². The topological polar surface area (TPSA) is 145 Å². The first-order valence-electron chi connectivity index (χ1n) is 17.1. The van der Waals surface area contributed by atoms with Gasteiger partial charge in [-0.15, -0.1) is 16.7 Å². The quantitative estimate of drug-likeness (QED) is 0.117. The maximum absolute atomic E-state index is 12.8. The number of nitrogens with zero attached hydrogens (tertiary/aromatic N) is 5. The highest BCUT2D eigenvalue weighted by Crippen LogP contribution is 2.35. The maximum atomic E-state index is 12.8. The molecule has 1 unspecified atom stereocenters. The SMILES string of the molecule is CC1COc2ccccc2N1C(=O)C(Cl)Cl.CCOCN(C(=O)CCl)c1c(C)cccc1CC.Cc1nn(-c2cc(NS(C)(=O)=O)c(Cl)cc2Cl)c(=O)n1C(F)F. The lowest BCUT2D eigenvalue weighted by atomic mass is 10.0. The summed E-state index contributed by atoms with van der Waals surface area (Å²) in [5.41, 5.74) is 2.57. The van der Waals surface area contributed by atoms with Crippen LogP contribution in [0.2, 0.25) is 10.0 Å². The third-order valence-electron chi connectivity index (χ3n) is 8.02. The number of carbonyl (C=O) groups excluding carboxylic acids is 2. The summed E-state index contributed by atoms with van der Waals surface area (Å²) in [6.07, 6.45) is 1.77. The number of amides is 2. The van der Waals surface area contributed by atoms with Gasteiger partial charge in [-0.2, -0.15) is 13.5 Å². The highest BCUT2D eigenvalue weighted by Gasteiger charge is 2.32. The van der Waals surface area contributed by atoms with Crippen molar-refractivity contribution in [3.8, 4) is 11.4 Å². The smallest absolute Gasteiger partial charge is 0.355 e. The second-order valence-electron chi connectivity index (χ2n) is 12.2. The summed E-state index contributed by atoms with van der Waals surface area (Å²) in [4.78, 5) is 38.0. The van der Waals surface area contributed by atoms with Crippen molar-refractivity contribution in [3.63, 3.8) is 0 Å². The molecule has 0 aliphatic carbocycles. The lowest BCUT2D eigenvalue weighted by Gasteiger charge is -2.35. The van der Waals surface area contributed by atoms with E-state index in [4.69, 9.17) is 67.5 Å². The van der Waals surface area contributed by atoms with E-state index < -0.39 is 27.1 Å². The molecule has 3 aromatic carbocycles. The molecular weight excluding hydrogens is 876 g/mol. The van der Waals surface area contributed by atoms with Gasteiger partial charge in [0.2, 0.25) is 15.9 Å². The summed E-state index contributed by atoms with van der Waals surface area (Å²) < 4.78 is 62.2. The minimum atomic E-state index is -3.65. The summed E-state index contributed by atoms with van der Waals surface area (Å²) in [5.74, 6) is -0.0258. The van der Waals surface area contributed by atoms with Crippen LogP contribution >= 0.6 is 58.0 Å². The van der Waals surface area contributed by atoms with E-state index in [1.165, 1.54) is 13.0 Å². The number of aryl methyl sites for hydroxylation is 3. The van der Waals surface area contributed by atoms with Gasteiger partial charge in [-0.3, -0.25) is 19.2 Å². The van der Waals surface area contributed by atoms with Gasteiger partial charge in [0.25, 0.3) is 5.91 Å². The molecular formula is C36H41Cl5F2N6O7S. The number of benzene rings is 3. The summed E-state index contributed by atoms with van der Waals surface area (Å²) in [5, 5.41) is 3.63. The van der Waals surface area contributed by atoms with Gasteiger partial charge in [0.05, 0.1) is 45.1 Å². The Bertz CT molecular complexity index is 2210. The largest absolute Gasteiger partial charge is 0.489 e. The molecule has 0 radical (unpaired) electrons.